The zero-order valence-corrected chi connectivity index (χ0v) is 9.15. The van der Waals surface area contributed by atoms with Gasteiger partial charge in [-0.2, -0.15) is 0 Å². The van der Waals surface area contributed by atoms with Crippen molar-refractivity contribution in [2.24, 2.45) is 11.1 Å². The van der Waals surface area contributed by atoms with E-state index in [4.69, 9.17) is 17.3 Å². The molecule has 2 aliphatic carbocycles. The molecule has 0 unspecified atom stereocenters. The minimum atomic E-state index is -0.515. The Hall–Kier alpha value is -0.600. The molecule has 0 saturated heterocycles. The second-order valence-electron chi connectivity index (χ2n) is 5.11. The van der Waals surface area contributed by atoms with Crippen molar-refractivity contribution in [1.29, 1.82) is 0 Å². The normalized spacial score (nSPS) is 25.0. The van der Waals surface area contributed by atoms with E-state index >= 15 is 0 Å². The Morgan fingerprint density at radius 3 is 2.47 bits per heavy atom. The highest BCUT2D eigenvalue weighted by atomic mass is 35.5. The third-order valence-electron chi connectivity index (χ3n) is 3.80. The predicted octanol–water partition coefficient (Wildman–Crippen LogP) is 3.21. The molecule has 1 nitrogen and oxygen atoms in total. The summed E-state index contributed by atoms with van der Waals surface area (Å²) in [5.74, 6) is -0.263. The number of hydrogen-bond donors (Lipinski definition) is 1. The summed E-state index contributed by atoms with van der Waals surface area (Å²) < 4.78 is 13.7. The molecule has 3 heteroatoms. The quantitative estimate of drug-likeness (QED) is 0.781. The molecule has 2 fully saturated rings. The molecular weight excluding hydrogens is 213 g/mol. The lowest BCUT2D eigenvalue weighted by molar-refractivity contribution is 0.121. The second-order valence-corrected chi connectivity index (χ2v) is 5.51. The summed E-state index contributed by atoms with van der Waals surface area (Å²) in [6.07, 6.45) is 4.28. The molecule has 80 valence electrons. The highest BCUT2D eigenvalue weighted by Gasteiger charge is 2.60. The first kappa shape index (κ1) is 9.61. The Labute approximate surface area is 93.4 Å². The van der Waals surface area contributed by atoms with Gasteiger partial charge in [0.1, 0.15) is 5.82 Å². The summed E-state index contributed by atoms with van der Waals surface area (Å²) in [5.41, 5.74) is 6.66. The highest BCUT2D eigenvalue weighted by molar-refractivity contribution is 6.31. The summed E-state index contributed by atoms with van der Waals surface area (Å²) in [4.78, 5) is 0. The molecule has 15 heavy (non-hydrogen) atoms. The lowest BCUT2D eigenvalue weighted by Gasteiger charge is -2.46. The molecule has 1 aromatic rings. The number of halogens is 2. The Bertz CT molecular complexity index is 397. The monoisotopic (exact) mass is 225 g/mol. The van der Waals surface area contributed by atoms with Crippen molar-refractivity contribution in [2.75, 3.05) is 0 Å². The van der Waals surface area contributed by atoms with Crippen molar-refractivity contribution in [3.8, 4) is 0 Å². The predicted molar refractivity (Wildman–Crippen MR) is 58.2 cm³/mol. The fraction of sp³-hybridized carbons (Fsp3) is 0.500. The maximum atomic E-state index is 13.7. The first-order valence-corrected chi connectivity index (χ1v) is 5.66. The maximum absolute atomic E-state index is 13.7. The van der Waals surface area contributed by atoms with Crippen LogP contribution in [0.15, 0.2) is 18.2 Å². The minimum Gasteiger partial charge on any atom is -0.321 e. The van der Waals surface area contributed by atoms with Crippen molar-refractivity contribution in [1.82, 2.24) is 0 Å². The van der Waals surface area contributed by atoms with Crippen LogP contribution in [0.3, 0.4) is 0 Å². The lowest BCUT2D eigenvalue weighted by atomic mass is 9.63. The van der Waals surface area contributed by atoms with Crippen LogP contribution in [0.5, 0.6) is 0 Å². The zero-order chi connectivity index (χ0) is 10.7. The van der Waals surface area contributed by atoms with E-state index in [2.05, 4.69) is 0 Å². The fourth-order valence-electron chi connectivity index (χ4n) is 2.97. The van der Waals surface area contributed by atoms with Gasteiger partial charge < -0.3 is 5.73 Å². The smallest absolute Gasteiger partial charge is 0.129 e. The van der Waals surface area contributed by atoms with E-state index in [1.165, 1.54) is 18.9 Å². The van der Waals surface area contributed by atoms with Gasteiger partial charge in [-0.25, -0.2) is 4.39 Å². The Balaban J connectivity index is 1.99. The van der Waals surface area contributed by atoms with Gasteiger partial charge in [0.25, 0.3) is 0 Å². The van der Waals surface area contributed by atoms with E-state index in [-0.39, 0.29) is 5.82 Å². The Morgan fingerprint density at radius 1 is 1.27 bits per heavy atom. The second kappa shape index (κ2) is 2.74. The molecule has 0 atom stereocenters. The Kier molecular flexibility index (Phi) is 1.76. The van der Waals surface area contributed by atoms with Gasteiger partial charge in [0, 0.05) is 16.1 Å². The summed E-state index contributed by atoms with van der Waals surface area (Å²) >= 11 is 6.02. The van der Waals surface area contributed by atoms with Gasteiger partial charge in [-0.3, -0.25) is 0 Å². The largest absolute Gasteiger partial charge is 0.321 e. The van der Waals surface area contributed by atoms with Crippen molar-refractivity contribution in [2.45, 2.75) is 31.2 Å². The summed E-state index contributed by atoms with van der Waals surface area (Å²) in [6.45, 7) is 0. The number of benzene rings is 1. The average Bonchev–Trinajstić information content (AvgIpc) is 2.83. The molecule has 2 N–H and O–H groups in total. The highest BCUT2D eigenvalue weighted by Crippen LogP contribution is 2.67. The SMILES string of the molecule is NC1(c2c(F)cccc2Cl)CC2(CC2)C1. The fourth-order valence-corrected chi connectivity index (χ4v) is 3.32. The van der Waals surface area contributed by atoms with Crippen molar-refractivity contribution >= 4 is 11.6 Å². The molecule has 0 amide bonds. The van der Waals surface area contributed by atoms with E-state index in [1.54, 1.807) is 12.1 Å². The van der Waals surface area contributed by atoms with Gasteiger partial charge in [0.05, 0.1) is 0 Å². The van der Waals surface area contributed by atoms with Crippen LogP contribution < -0.4 is 5.73 Å². The summed E-state index contributed by atoms with van der Waals surface area (Å²) in [7, 11) is 0. The summed E-state index contributed by atoms with van der Waals surface area (Å²) in [5, 5.41) is 0.466. The molecule has 0 aromatic heterocycles. The van der Waals surface area contributed by atoms with Crippen molar-refractivity contribution < 1.29 is 4.39 Å². The third kappa shape index (κ3) is 1.31. The molecule has 1 spiro atoms. The first-order valence-electron chi connectivity index (χ1n) is 5.28. The van der Waals surface area contributed by atoms with E-state index in [0.29, 0.717) is 16.0 Å². The summed E-state index contributed by atoms with van der Waals surface area (Å²) in [6, 6.07) is 4.77. The van der Waals surface area contributed by atoms with Crippen LogP contribution in [-0.4, -0.2) is 0 Å². The molecule has 1 aromatic carbocycles. The van der Waals surface area contributed by atoms with Gasteiger partial charge in [-0.15, -0.1) is 0 Å². The van der Waals surface area contributed by atoms with Gasteiger partial charge in [-0.05, 0) is 43.2 Å². The average molecular weight is 226 g/mol. The van der Waals surface area contributed by atoms with Gasteiger partial charge in [0.2, 0.25) is 0 Å². The zero-order valence-electron chi connectivity index (χ0n) is 8.39. The van der Waals surface area contributed by atoms with Crippen molar-refractivity contribution in [3.63, 3.8) is 0 Å². The van der Waals surface area contributed by atoms with E-state index in [1.807, 2.05) is 0 Å². The molecule has 0 aliphatic heterocycles. The molecule has 2 saturated carbocycles. The van der Waals surface area contributed by atoms with Crippen LogP contribution in [-0.2, 0) is 5.54 Å². The first-order chi connectivity index (χ1) is 7.05. The number of rotatable bonds is 1. The third-order valence-corrected chi connectivity index (χ3v) is 4.11. The van der Waals surface area contributed by atoms with E-state index < -0.39 is 5.54 Å². The molecular formula is C12H13ClFN. The van der Waals surface area contributed by atoms with E-state index in [0.717, 1.165) is 12.8 Å². The molecule has 3 rings (SSSR count). The Morgan fingerprint density at radius 2 is 1.93 bits per heavy atom. The molecule has 0 heterocycles. The maximum Gasteiger partial charge on any atom is 0.129 e. The van der Waals surface area contributed by atoms with Crippen LogP contribution in [0, 0.1) is 11.2 Å². The van der Waals surface area contributed by atoms with Crippen LogP contribution in [0.1, 0.15) is 31.2 Å². The molecule has 2 aliphatic rings. The van der Waals surface area contributed by atoms with Gasteiger partial charge in [0.15, 0.2) is 0 Å². The number of nitrogens with two attached hydrogens (primary N) is 1. The standard InChI is InChI=1S/C12H13ClFN/c13-8-2-1-3-9(14)10(8)12(15)6-11(7-12)4-5-11/h1-3H,4-7,15H2. The van der Waals surface area contributed by atoms with Crippen LogP contribution >= 0.6 is 11.6 Å². The van der Waals surface area contributed by atoms with Gasteiger partial charge >= 0.3 is 0 Å². The minimum absolute atomic E-state index is 0.263. The lowest BCUT2D eigenvalue weighted by Crippen LogP contribution is -2.50. The molecule has 0 bridgehead atoms. The number of hydrogen-bond acceptors (Lipinski definition) is 1. The van der Waals surface area contributed by atoms with Crippen molar-refractivity contribution in [3.05, 3.63) is 34.6 Å². The molecule has 0 radical (unpaired) electrons. The topological polar surface area (TPSA) is 26.0 Å². The van der Waals surface area contributed by atoms with Crippen LogP contribution in [0.4, 0.5) is 4.39 Å². The van der Waals surface area contributed by atoms with E-state index in [9.17, 15) is 4.39 Å². The van der Waals surface area contributed by atoms with Gasteiger partial charge in [-0.1, -0.05) is 17.7 Å². The van der Waals surface area contributed by atoms with Crippen LogP contribution in [0.2, 0.25) is 5.02 Å². The van der Waals surface area contributed by atoms with Crippen LogP contribution in [0.25, 0.3) is 0 Å².